The molecular weight excluding hydrogens is 371 g/mol. The van der Waals surface area contributed by atoms with E-state index in [1.165, 1.54) is 0 Å². The zero-order valence-electron chi connectivity index (χ0n) is 10.0. The maximum Gasteiger partial charge on any atom is 0.226 e. The molecule has 2 N–H and O–H groups in total. The number of amides is 1. The van der Waals surface area contributed by atoms with Crippen LogP contribution in [0.3, 0.4) is 0 Å². The topological polar surface area (TPSA) is 41.1 Å². The van der Waals surface area contributed by atoms with Crippen molar-refractivity contribution < 1.29 is 4.79 Å². The predicted octanol–water partition coefficient (Wildman–Crippen LogP) is 3.79. The van der Waals surface area contributed by atoms with E-state index in [1.807, 2.05) is 11.8 Å². The van der Waals surface area contributed by atoms with E-state index in [1.54, 1.807) is 12.1 Å². The zero-order valence-corrected chi connectivity index (χ0v) is 13.9. The molecule has 1 fully saturated rings. The van der Waals surface area contributed by atoms with Crippen molar-refractivity contribution in [3.8, 4) is 0 Å². The lowest BCUT2D eigenvalue weighted by atomic mass is 10.2. The molecule has 0 aliphatic carbocycles. The van der Waals surface area contributed by atoms with Gasteiger partial charge in [0.1, 0.15) is 0 Å². The van der Waals surface area contributed by atoms with Gasteiger partial charge in [0.05, 0.1) is 15.7 Å². The number of nitrogens with one attached hydrogen (secondary N) is 2. The Morgan fingerprint density at radius 1 is 1.47 bits per heavy atom. The van der Waals surface area contributed by atoms with Crippen molar-refractivity contribution in [1.29, 1.82) is 0 Å². The number of halogens is 3. The van der Waals surface area contributed by atoms with Crippen molar-refractivity contribution in [2.75, 3.05) is 23.4 Å². The van der Waals surface area contributed by atoms with E-state index in [0.29, 0.717) is 26.6 Å². The second kappa shape index (κ2) is 7.18. The van der Waals surface area contributed by atoms with Crippen LogP contribution in [-0.4, -0.2) is 30.0 Å². The lowest BCUT2D eigenvalue weighted by Crippen LogP contribution is -2.39. The van der Waals surface area contributed by atoms with E-state index in [2.05, 4.69) is 26.6 Å². The van der Waals surface area contributed by atoms with Gasteiger partial charge in [-0.1, -0.05) is 23.2 Å². The van der Waals surface area contributed by atoms with Crippen molar-refractivity contribution in [3.63, 3.8) is 0 Å². The van der Waals surface area contributed by atoms with Crippen molar-refractivity contribution >= 4 is 62.5 Å². The first-order valence-electron chi connectivity index (χ1n) is 5.82. The molecule has 1 saturated heterocycles. The molecule has 1 heterocycles. The average Bonchev–Trinajstić information content (AvgIpc) is 2.41. The summed E-state index contributed by atoms with van der Waals surface area (Å²) in [4.78, 5) is 12.0. The number of anilines is 1. The van der Waals surface area contributed by atoms with E-state index in [-0.39, 0.29) is 11.9 Å². The van der Waals surface area contributed by atoms with Crippen molar-refractivity contribution in [2.45, 2.75) is 12.5 Å². The Bertz CT molecular complexity index is 481. The van der Waals surface area contributed by atoms with Crippen LogP contribution in [-0.2, 0) is 4.79 Å². The molecule has 0 radical (unpaired) electrons. The van der Waals surface area contributed by atoms with Gasteiger partial charge in [0.15, 0.2) is 0 Å². The molecule has 1 aromatic rings. The number of carbonyl (C=O) groups excluding carboxylic acids is 1. The highest BCUT2D eigenvalue weighted by molar-refractivity contribution is 9.10. The Kier molecular flexibility index (Phi) is 5.84. The molecule has 0 aromatic heterocycles. The first kappa shape index (κ1) is 15.4. The SMILES string of the molecule is O=C(CC1CSCCN1)Nc1ccc(Br)c(Cl)c1Cl. The highest BCUT2D eigenvalue weighted by Gasteiger charge is 2.18. The normalized spacial score (nSPS) is 19.2. The predicted molar refractivity (Wildman–Crippen MR) is 86.5 cm³/mol. The molecule has 3 nitrogen and oxygen atoms in total. The van der Waals surface area contributed by atoms with Crippen LogP contribution in [0.2, 0.25) is 10.0 Å². The number of benzene rings is 1. The second-order valence-electron chi connectivity index (χ2n) is 4.20. The summed E-state index contributed by atoms with van der Waals surface area (Å²) in [5.41, 5.74) is 0.545. The lowest BCUT2D eigenvalue weighted by molar-refractivity contribution is -0.116. The summed E-state index contributed by atoms with van der Waals surface area (Å²) >= 11 is 17.2. The van der Waals surface area contributed by atoms with Crippen LogP contribution >= 0.6 is 50.9 Å². The Morgan fingerprint density at radius 3 is 2.95 bits per heavy atom. The summed E-state index contributed by atoms with van der Waals surface area (Å²) in [6.07, 6.45) is 0.441. The largest absolute Gasteiger partial charge is 0.325 e. The Labute approximate surface area is 134 Å². The Balaban J connectivity index is 1.97. The van der Waals surface area contributed by atoms with Crippen molar-refractivity contribution in [1.82, 2.24) is 5.32 Å². The van der Waals surface area contributed by atoms with Gasteiger partial charge in [-0.3, -0.25) is 4.79 Å². The molecule has 2 rings (SSSR count). The van der Waals surface area contributed by atoms with Gasteiger partial charge >= 0.3 is 0 Å². The molecule has 1 aliphatic heterocycles. The monoisotopic (exact) mass is 382 g/mol. The molecule has 1 aliphatic rings. The smallest absolute Gasteiger partial charge is 0.226 e. The molecule has 7 heteroatoms. The molecular formula is C12H13BrCl2N2OS. The van der Waals surface area contributed by atoms with E-state index < -0.39 is 0 Å². The highest BCUT2D eigenvalue weighted by Crippen LogP contribution is 2.35. The van der Waals surface area contributed by atoms with Crippen LogP contribution in [0.4, 0.5) is 5.69 Å². The minimum Gasteiger partial charge on any atom is -0.325 e. The number of hydrogen-bond acceptors (Lipinski definition) is 3. The number of thioether (sulfide) groups is 1. The van der Waals surface area contributed by atoms with Crippen LogP contribution in [0.15, 0.2) is 16.6 Å². The van der Waals surface area contributed by atoms with Crippen LogP contribution < -0.4 is 10.6 Å². The summed E-state index contributed by atoms with van der Waals surface area (Å²) in [5, 5.41) is 6.89. The van der Waals surface area contributed by atoms with E-state index in [9.17, 15) is 4.79 Å². The molecule has 1 amide bonds. The number of carbonyl (C=O) groups is 1. The van der Waals surface area contributed by atoms with Gasteiger partial charge in [0.25, 0.3) is 0 Å². The Morgan fingerprint density at radius 2 is 2.26 bits per heavy atom. The van der Waals surface area contributed by atoms with Gasteiger partial charge in [-0.05, 0) is 28.1 Å². The highest BCUT2D eigenvalue weighted by atomic mass is 79.9. The lowest BCUT2D eigenvalue weighted by Gasteiger charge is -2.22. The fourth-order valence-electron chi connectivity index (χ4n) is 1.80. The van der Waals surface area contributed by atoms with Gasteiger partial charge in [-0.15, -0.1) is 0 Å². The second-order valence-corrected chi connectivity index (χ2v) is 6.96. The zero-order chi connectivity index (χ0) is 13.8. The van der Waals surface area contributed by atoms with Crippen molar-refractivity contribution in [3.05, 3.63) is 26.7 Å². The Hall–Kier alpha value is 0.0600. The molecule has 1 aromatic carbocycles. The third kappa shape index (κ3) is 4.26. The van der Waals surface area contributed by atoms with E-state index in [4.69, 9.17) is 23.2 Å². The number of rotatable bonds is 3. The van der Waals surface area contributed by atoms with Crippen LogP contribution in [0.25, 0.3) is 0 Å². The molecule has 1 atom stereocenters. The van der Waals surface area contributed by atoms with E-state index >= 15 is 0 Å². The molecule has 1 unspecified atom stereocenters. The quantitative estimate of drug-likeness (QED) is 0.780. The molecule has 0 bridgehead atoms. The van der Waals surface area contributed by atoms with Crippen molar-refractivity contribution in [2.24, 2.45) is 0 Å². The molecule has 19 heavy (non-hydrogen) atoms. The standard InChI is InChI=1S/C12H13BrCl2N2OS/c13-8-1-2-9(12(15)11(8)14)17-10(18)5-7-6-19-4-3-16-7/h1-2,7,16H,3-6H2,(H,17,18). The number of hydrogen-bond donors (Lipinski definition) is 2. The van der Waals surface area contributed by atoms with Crippen LogP contribution in [0.1, 0.15) is 6.42 Å². The maximum atomic E-state index is 12.0. The first-order valence-corrected chi connectivity index (χ1v) is 8.53. The summed E-state index contributed by atoms with van der Waals surface area (Å²) in [7, 11) is 0. The van der Waals surface area contributed by atoms with E-state index in [0.717, 1.165) is 18.1 Å². The fraction of sp³-hybridized carbons (Fsp3) is 0.417. The summed E-state index contributed by atoms with van der Waals surface area (Å²) < 4.78 is 0.711. The molecule has 0 spiro atoms. The third-order valence-corrected chi connectivity index (χ3v) is 5.64. The minimum absolute atomic E-state index is 0.0553. The first-order chi connectivity index (χ1) is 9.08. The minimum atomic E-state index is -0.0553. The van der Waals surface area contributed by atoms with Gasteiger partial charge in [-0.25, -0.2) is 0 Å². The summed E-state index contributed by atoms with van der Waals surface area (Å²) in [5.74, 6) is 2.01. The maximum absolute atomic E-state index is 12.0. The molecule has 104 valence electrons. The van der Waals surface area contributed by atoms with Crippen LogP contribution in [0.5, 0.6) is 0 Å². The van der Waals surface area contributed by atoms with Gasteiger partial charge in [0.2, 0.25) is 5.91 Å². The van der Waals surface area contributed by atoms with Gasteiger partial charge in [0, 0.05) is 35.0 Å². The van der Waals surface area contributed by atoms with Crippen LogP contribution in [0, 0.1) is 0 Å². The van der Waals surface area contributed by atoms with Gasteiger partial charge < -0.3 is 10.6 Å². The average molecular weight is 384 g/mol. The molecule has 0 saturated carbocycles. The fourth-order valence-corrected chi connectivity index (χ4v) is 3.57. The third-order valence-electron chi connectivity index (χ3n) is 2.74. The van der Waals surface area contributed by atoms with Gasteiger partial charge in [-0.2, -0.15) is 11.8 Å². The summed E-state index contributed by atoms with van der Waals surface area (Å²) in [6, 6.07) is 3.72. The summed E-state index contributed by atoms with van der Waals surface area (Å²) in [6.45, 7) is 0.952.